The van der Waals surface area contributed by atoms with Gasteiger partial charge in [-0.05, 0) is 12.8 Å². The van der Waals surface area contributed by atoms with Crippen LogP contribution in [-0.4, -0.2) is 37.0 Å². The Hall–Kier alpha value is -0.610. The van der Waals surface area contributed by atoms with Gasteiger partial charge in [-0.25, -0.2) is 0 Å². The van der Waals surface area contributed by atoms with E-state index < -0.39 is 6.10 Å². The maximum atomic E-state index is 12.0. The SMILES string of the molecule is CCCCCCCCCCCCCCCCCCCCOCC(CO)OC(=O)CCCCCCCCC. The zero-order valence-electron chi connectivity index (χ0n) is 25.3. The summed E-state index contributed by atoms with van der Waals surface area (Å²) in [5.74, 6) is -0.204. The van der Waals surface area contributed by atoms with E-state index in [0.29, 0.717) is 19.6 Å². The summed E-state index contributed by atoms with van der Waals surface area (Å²) in [7, 11) is 0. The van der Waals surface area contributed by atoms with E-state index in [2.05, 4.69) is 13.8 Å². The van der Waals surface area contributed by atoms with Gasteiger partial charge in [0.05, 0.1) is 13.2 Å². The lowest BCUT2D eigenvalue weighted by atomic mass is 10.0. The molecule has 0 aromatic rings. The molecule has 0 saturated heterocycles. The summed E-state index contributed by atoms with van der Waals surface area (Å²) in [5.41, 5.74) is 0. The van der Waals surface area contributed by atoms with Crippen LogP contribution in [0.4, 0.5) is 0 Å². The number of hydrogen-bond donors (Lipinski definition) is 1. The van der Waals surface area contributed by atoms with Crippen LogP contribution in [0.1, 0.15) is 181 Å². The lowest BCUT2D eigenvalue weighted by Gasteiger charge is -2.15. The molecule has 1 atom stereocenters. The number of rotatable bonds is 31. The first-order chi connectivity index (χ1) is 18.2. The number of carbonyl (C=O) groups excluding carboxylic acids is 1. The normalized spacial score (nSPS) is 12.2. The van der Waals surface area contributed by atoms with E-state index in [4.69, 9.17) is 9.47 Å². The van der Waals surface area contributed by atoms with Gasteiger partial charge in [-0.15, -0.1) is 0 Å². The summed E-state index contributed by atoms with van der Waals surface area (Å²) in [4.78, 5) is 12.0. The maximum absolute atomic E-state index is 12.0. The van der Waals surface area contributed by atoms with Gasteiger partial charge >= 0.3 is 5.97 Å². The van der Waals surface area contributed by atoms with Gasteiger partial charge in [-0.2, -0.15) is 0 Å². The fourth-order valence-corrected chi connectivity index (χ4v) is 4.92. The van der Waals surface area contributed by atoms with E-state index in [0.717, 1.165) is 19.3 Å². The Bertz CT molecular complexity index is 440. The third-order valence-electron chi connectivity index (χ3n) is 7.43. The highest BCUT2D eigenvalue weighted by molar-refractivity contribution is 5.69. The predicted molar refractivity (Wildman–Crippen MR) is 159 cm³/mol. The molecular weight excluding hydrogens is 460 g/mol. The second kappa shape index (κ2) is 31.6. The Morgan fingerprint density at radius 2 is 0.892 bits per heavy atom. The van der Waals surface area contributed by atoms with Crippen molar-refractivity contribution < 1.29 is 19.4 Å². The molecule has 0 aliphatic rings. The summed E-state index contributed by atoms with van der Waals surface area (Å²) in [5, 5.41) is 9.47. The van der Waals surface area contributed by atoms with Crippen molar-refractivity contribution >= 4 is 5.97 Å². The van der Waals surface area contributed by atoms with E-state index in [1.54, 1.807) is 0 Å². The van der Waals surface area contributed by atoms with Gasteiger partial charge in [0, 0.05) is 13.0 Å². The first kappa shape index (κ1) is 36.4. The summed E-state index contributed by atoms with van der Waals surface area (Å²) in [6, 6.07) is 0. The summed E-state index contributed by atoms with van der Waals surface area (Å²) >= 11 is 0. The molecule has 0 rings (SSSR count). The first-order valence-electron chi connectivity index (χ1n) is 16.6. The highest BCUT2D eigenvalue weighted by Gasteiger charge is 2.13. The molecule has 0 heterocycles. The van der Waals surface area contributed by atoms with Gasteiger partial charge in [0.1, 0.15) is 6.10 Å². The van der Waals surface area contributed by atoms with Gasteiger partial charge in [0.2, 0.25) is 0 Å². The molecule has 0 aliphatic carbocycles. The van der Waals surface area contributed by atoms with E-state index in [-0.39, 0.29) is 12.6 Å². The topological polar surface area (TPSA) is 55.8 Å². The van der Waals surface area contributed by atoms with Crippen molar-refractivity contribution in [2.24, 2.45) is 0 Å². The average Bonchev–Trinajstić information content (AvgIpc) is 2.90. The fourth-order valence-electron chi connectivity index (χ4n) is 4.92. The van der Waals surface area contributed by atoms with Gasteiger partial charge in [0.25, 0.3) is 0 Å². The summed E-state index contributed by atoms with van der Waals surface area (Å²) < 4.78 is 11.0. The van der Waals surface area contributed by atoms with E-state index in [1.807, 2.05) is 0 Å². The van der Waals surface area contributed by atoms with Gasteiger partial charge < -0.3 is 14.6 Å². The van der Waals surface area contributed by atoms with Gasteiger partial charge in [-0.3, -0.25) is 4.79 Å². The Balaban J connectivity index is 3.33. The molecule has 0 bridgehead atoms. The maximum Gasteiger partial charge on any atom is 0.306 e. The Labute approximate surface area is 232 Å². The molecular formula is C33H66O4. The van der Waals surface area contributed by atoms with Crippen LogP contribution in [0.25, 0.3) is 0 Å². The number of aliphatic hydroxyl groups is 1. The molecule has 222 valence electrons. The molecule has 0 spiro atoms. The van der Waals surface area contributed by atoms with Crippen LogP contribution in [0.5, 0.6) is 0 Å². The monoisotopic (exact) mass is 526 g/mol. The van der Waals surface area contributed by atoms with Crippen LogP contribution in [0.3, 0.4) is 0 Å². The van der Waals surface area contributed by atoms with Gasteiger partial charge in [-0.1, -0.05) is 162 Å². The van der Waals surface area contributed by atoms with Crippen molar-refractivity contribution in [1.82, 2.24) is 0 Å². The molecule has 0 saturated carbocycles. The third-order valence-corrected chi connectivity index (χ3v) is 7.43. The third kappa shape index (κ3) is 29.8. The van der Waals surface area contributed by atoms with Crippen LogP contribution < -0.4 is 0 Å². The highest BCUT2D eigenvalue weighted by atomic mass is 16.6. The largest absolute Gasteiger partial charge is 0.457 e. The predicted octanol–water partition coefficient (Wildman–Crippen LogP) is 10.1. The number of unbranched alkanes of at least 4 members (excludes halogenated alkanes) is 23. The number of ether oxygens (including phenoxy) is 2. The second-order valence-corrected chi connectivity index (χ2v) is 11.3. The van der Waals surface area contributed by atoms with Crippen molar-refractivity contribution in [2.75, 3.05) is 19.8 Å². The molecule has 0 aromatic carbocycles. The van der Waals surface area contributed by atoms with Crippen molar-refractivity contribution in [2.45, 2.75) is 187 Å². The van der Waals surface area contributed by atoms with Crippen molar-refractivity contribution in [3.05, 3.63) is 0 Å². The van der Waals surface area contributed by atoms with Crippen LogP contribution in [0.15, 0.2) is 0 Å². The standard InChI is InChI=1S/C33H66O4/c1-3-5-7-9-11-12-13-14-15-16-17-18-19-20-21-23-25-27-29-36-31-32(30-34)37-33(35)28-26-24-22-10-8-6-4-2/h32,34H,3-31H2,1-2H3. The number of carbonyl (C=O) groups is 1. The molecule has 0 radical (unpaired) electrons. The summed E-state index contributed by atoms with van der Waals surface area (Å²) in [6.07, 6.45) is 32.9. The molecule has 0 fully saturated rings. The number of esters is 1. The van der Waals surface area contributed by atoms with E-state index in [9.17, 15) is 9.90 Å². The lowest BCUT2D eigenvalue weighted by molar-refractivity contribution is -0.154. The lowest BCUT2D eigenvalue weighted by Crippen LogP contribution is -2.27. The number of aliphatic hydroxyl groups excluding tert-OH is 1. The molecule has 0 amide bonds. The molecule has 1 unspecified atom stereocenters. The van der Waals surface area contributed by atoms with Crippen LogP contribution in [-0.2, 0) is 14.3 Å². The second-order valence-electron chi connectivity index (χ2n) is 11.3. The minimum absolute atomic E-state index is 0.165. The Kier molecular flexibility index (Phi) is 31.1. The Morgan fingerprint density at radius 1 is 0.541 bits per heavy atom. The van der Waals surface area contributed by atoms with Crippen molar-refractivity contribution in [3.8, 4) is 0 Å². The highest BCUT2D eigenvalue weighted by Crippen LogP contribution is 2.14. The minimum Gasteiger partial charge on any atom is -0.457 e. The van der Waals surface area contributed by atoms with Crippen LogP contribution in [0.2, 0.25) is 0 Å². The minimum atomic E-state index is -0.521. The molecule has 4 nitrogen and oxygen atoms in total. The van der Waals surface area contributed by atoms with Crippen LogP contribution >= 0.6 is 0 Å². The van der Waals surface area contributed by atoms with Crippen molar-refractivity contribution in [3.63, 3.8) is 0 Å². The van der Waals surface area contributed by atoms with E-state index >= 15 is 0 Å². The zero-order valence-corrected chi connectivity index (χ0v) is 25.3. The molecule has 1 N–H and O–H groups in total. The molecule has 4 heteroatoms. The smallest absolute Gasteiger partial charge is 0.306 e. The van der Waals surface area contributed by atoms with E-state index in [1.165, 1.54) is 141 Å². The fraction of sp³-hybridized carbons (Fsp3) is 0.970. The zero-order chi connectivity index (χ0) is 27.1. The summed E-state index contributed by atoms with van der Waals surface area (Å²) in [6.45, 7) is 5.33. The average molecular weight is 527 g/mol. The molecule has 0 aliphatic heterocycles. The van der Waals surface area contributed by atoms with Crippen molar-refractivity contribution in [1.29, 1.82) is 0 Å². The van der Waals surface area contributed by atoms with Gasteiger partial charge in [0.15, 0.2) is 0 Å². The number of hydrogen-bond acceptors (Lipinski definition) is 4. The quantitative estimate of drug-likeness (QED) is 0.0721. The first-order valence-corrected chi connectivity index (χ1v) is 16.6. The molecule has 0 aromatic heterocycles. The Morgan fingerprint density at radius 3 is 1.27 bits per heavy atom. The molecule has 37 heavy (non-hydrogen) atoms. The van der Waals surface area contributed by atoms with Crippen LogP contribution in [0, 0.1) is 0 Å².